The summed E-state index contributed by atoms with van der Waals surface area (Å²) in [4.78, 5) is 1.19. The lowest BCUT2D eigenvalue weighted by Gasteiger charge is -2.16. The summed E-state index contributed by atoms with van der Waals surface area (Å²) in [6.07, 6.45) is 2.36. The molecule has 0 saturated heterocycles. The number of fused-ring (bicyclic) bond motifs is 1. The van der Waals surface area contributed by atoms with Crippen LogP contribution in [0, 0.1) is 6.92 Å². The molecule has 18 heavy (non-hydrogen) atoms. The fourth-order valence-electron chi connectivity index (χ4n) is 1.95. The van der Waals surface area contributed by atoms with E-state index in [1.165, 1.54) is 4.88 Å². The molecule has 0 saturated carbocycles. The van der Waals surface area contributed by atoms with Crippen LogP contribution in [0.15, 0.2) is 52.5 Å². The van der Waals surface area contributed by atoms with E-state index in [1.807, 2.05) is 30.3 Å². The Hall–Kier alpha value is -1.74. The number of ether oxygens (including phenoxy) is 1. The van der Waals surface area contributed by atoms with Crippen LogP contribution < -0.4 is 4.74 Å². The molecule has 3 heteroatoms. The molecule has 2 nitrogen and oxygen atoms in total. The van der Waals surface area contributed by atoms with Gasteiger partial charge >= 0.3 is 0 Å². The average Bonchev–Trinajstić information content (AvgIpc) is 3.06. The van der Waals surface area contributed by atoms with E-state index in [0.29, 0.717) is 6.42 Å². The van der Waals surface area contributed by atoms with E-state index >= 15 is 0 Å². The zero-order valence-corrected chi connectivity index (χ0v) is 10.7. The summed E-state index contributed by atoms with van der Waals surface area (Å²) in [7, 11) is 0. The van der Waals surface area contributed by atoms with Gasteiger partial charge in [0.2, 0.25) is 0 Å². The first kappa shape index (κ1) is 11.4. The van der Waals surface area contributed by atoms with E-state index in [-0.39, 0.29) is 6.10 Å². The molecular weight excluding hydrogens is 244 g/mol. The van der Waals surface area contributed by atoms with Crippen molar-refractivity contribution < 1.29 is 9.15 Å². The summed E-state index contributed by atoms with van der Waals surface area (Å²) in [6, 6.07) is 12.0. The number of thiophene rings is 1. The van der Waals surface area contributed by atoms with Crippen LogP contribution in [-0.2, 0) is 0 Å². The summed E-state index contributed by atoms with van der Waals surface area (Å²) < 4.78 is 11.5. The lowest BCUT2D eigenvalue weighted by molar-refractivity contribution is 0.212. The molecule has 0 aliphatic heterocycles. The molecule has 0 amide bonds. The van der Waals surface area contributed by atoms with Gasteiger partial charge in [-0.05, 0) is 36.9 Å². The number of benzene rings is 1. The van der Waals surface area contributed by atoms with Gasteiger partial charge in [-0.25, -0.2) is 0 Å². The summed E-state index contributed by atoms with van der Waals surface area (Å²) in [6.45, 7) is 3.96. The fraction of sp³-hybridized carbons (Fsp3) is 0.133. The lowest BCUT2D eigenvalue weighted by Crippen LogP contribution is -2.04. The van der Waals surface area contributed by atoms with Crippen LogP contribution in [0.2, 0.25) is 0 Å². The second kappa shape index (κ2) is 4.86. The van der Waals surface area contributed by atoms with Gasteiger partial charge in [0.1, 0.15) is 6.10 Å². The Labute approximate surface area is 110 Å². The lowest BCUT2D eigenvalue weighted by atomic mass is 10.2. The van der Waals surface area contributed by atoms with Crippen molar-refractivity contribution in [1.82, 2.24) is 0 Å². The third kappa shape index (κ3) is 2.02. The van der Waals surface area contributed by atoms with E-state index in [4.69, 9.17) is 9.15 Å². The van der Waals surface area contributed by atoms with Gasteiger partial charge in [-0.2, -0.15) is 0 Å². The van der Waals surface area contributed by atoms with Crippen LogP contribution in [0.1, 0.15) is 17.4 Å². The monoisotopic (exact) mass is 257 g/mol. The number of furan rings is 1. The minimum atomic E-state index is -0.0132. The first-order valence-corrected chi connectivity index (χ1v) is 6.72. The Morgan fingerprint density at radius 1 is 1.22 bits per heavy atom. The molecule has 1 atom stereocenters. The molecule has 1 radical (unpaired) electrons. The van der Waals surface area contributed by atoms with Crippen LogP contribution >= 0.6 is 11.3 Å². The third-order valence-corrected chi connectivity index (χ3v) is 3.80. The van der Waals surface area contributed by atoms with Gasteiger partial charge in [-0.3, -0.25) is 0 Å². The van der Waals surface area contributed by atoms with E-state index in [2.05, 4.69) is 18.4 Å². The van der Waals surface area contributed by atoms with Gasteiger partial charge in [-0.1, -0.05) is 18.2 Å². The fourth-order valence-corrected chi connectivity index (χ4v) is 2.73. The molecule has 0 fully saturated rings. The summed E-state index contributed by atoms with van der Waals surface area (Å²) in [5.41, 5.74) is 0.799. The number of hydrogen-bond donors (Lipinski definition) is 0. The molecule has 1 aromatic carbocycles. The minimum absolute atomic E-state index is 0.0132. The normalized spacial score (nSPS) is 12.7. The molecule has 91 valence electrons. The molecule has 2 heterocycles. The van der Waals surface area contributed by atoms with Crippen molar-refractivity contribution in [3.05, 3.63) is 59.8 Å². The van der Waals surface area contributed by atoms with Gasteiger partial charge in [0.05, 0.1) is 6.26 Å². The van der Waals surface area contributed by atoms with Crippen LogP contribution in [0.5, 0.6) is 5.75 Å². The Morgan fingerprint density at radius 2 is 2.17 bits per heavy atom. The van der Waals surface area contributed by atoms with Crippen molar-refractivity contribution in [2.75, 3.05) is 0 Å². The summed E-state index contributed by atoms with van der Waals surface area (Å²) in [5.74, 6) is 0.777. The highest BCUT2D eigenvalue weighted by molar-refractivity contribution is 7.10. The quantitative estimate of drug-likeness (QED) is 0.667. The molecule has 3 aromatic rings. The van der Waals surface area contributed by atoms with Crippen molar-refractivity contribution in [3.63, 3.8) is 0 Å². The highest BCUT2D eigenvalue weighted by Crippen LogP contribution is 2.32. The molecule has 0 bridgehead atoms. The maximum Gasteiger partial charge on any atom is 0.175 e. The Balaban J connectivity index is 1.93. The van der Waals surface area contributed by atoms with Crippen LogP contribution in [0.3, 0.4) is 0 Å². The van der Waals surface area contributed by atoms with Crippen LogP contribution in [0.4, 0.5) is 0 Å². The van der Waals surface area contributed by atoms with Crippen molar-refractivity contribution in [1.29, 1.82) is 0 Å². The highest BCUT2D eigenvalue weighted by Gasteiger charge is 2.14. The molecule has 2 aromatic heterocycles. The van der Waals surface area contributed by atoms with Gasteiger partial charge in [0, 0.05) is 10.3 Å². The van der Waals surface area contributed by atoms with E-state index < -0.39 is 0 Å². The van der Waals surface area contributed by atoms with Gasteiger partial charge < -0.3 is 9.15 Å². The first-order chi connectivity index (χ1) is 8.88. The Kier molecular flexibility index (Phi) is 3.07. The second-order valence-corrected chi connectivity index (χ2v) is 4.98. The molecule has 0 unspecified atom stereocenters. The molecule has 0 aliphatic carbocycles. The SMILES string of the molecule is [CH2]C[C@@H](Oc1cccc2ccoc12)c1cccs1. The molecular formula is C15H13O2S. The van der Waals surface area contributed by atoms with Crippen LogP contribution in [-0.4, -0.2) is 0 Å². The Bertz CT molecular complexity index is 625. The largest absolute Gasteiger partial charge is 0.481 e. The zero-order valence-electron chi connectivity index (χ0n) is 9.84. The van der Waals surface area contributed by atoms with Crippen molar-refractivity contribution >= 4 is 22.3 Å². The standard InChI is InChI=1S/C15H13O2S/c1-2-12(14-7-4-10-18-14)17-13-6-3-5-11-8-9-16-15(11)13/h3-10,12H,1-2H2/t12-/m1/s1. The molecule has 0 N–H and O–H groups in total. The first-order valence-electron chi connectivity index (χ1n) is 5.84. The summed E-state index contributed by atoms with van der Waals surface area (Å²) >= 11 is 1.69. The maximum absolute atomic E-state index is 6.03. The van der Waals surface area contributed by atoms with E-state index in [1.54, 1.807) is 17.6 Å². The van der Waals surface area contributed by atoms with Gasteiger partial charge in [-0.15, -0.1) is 11.3 Å². The van der Waals surface area contributed by atoms with E-state index in [9.17, 15) is 0 Å². The Morgan fingerprint density at radius 3 is 2.94 bits per heavy atom. The summed E-state index contributed by atoms with van der Waals surface area (Å²) in [5, 5.41) is 3.11. The zero-order chi connectivity index (χ0) is 12.4. The van der Waals surface area contributed by atoms with Crippen molar-refractivity contribution in [2.24, 2.45) is 0 Å². The molecule has 0 aliphatic rings. The average molecular weight is 257 g/mol. The predicted molar refractivity (Wildman–Crippen MR) is 73.9 cm³/mol. The molecule has 0 spiro atoms. The van der Waals surface area contributed by atoms with Crippen LogP contribution in [0.25, 0.3) is 11.0 Å². The topological polar surface area (TPSA) is 22.4 Å². The maximum atomic E-state index is 6.03. The van der Waals surface area contributed by atoms with E-state index in [0.717, 1.165) is 16.7 Å². The highest BCUT2D eigenvalue weighted by atomic mass is 32.1. The number of para-hydroxylation sites is 1. The van der Waals surface area contributed by atoms with Gasteiger partial charge in [0.15, 0.2) is 11.3 Å². The third-order valence-electron chi connectivity index (χ3n) is 2.83. The van der Waals surface area contributed by atoms with Gasteiger partial charge in [0.25, 0.3) is 0 Å². The predicted octanol–water partition coefficient (Wildman–Crippen LogP) is 4.84. The smallest absolute Gasteiger partial charge is 0.175 e. The second-order valence-electron chi connectivity index (χ2n) is 4.01. The number of hydrogen-bond acceptors (Lipinski definition) is 3. The van der Waals surface area contributed by atoms with Crippen molar-refractivity contribution in [3.8, 4) is 5.75 Å². The van der Waals surface area contributed by atoms with Crippen molar-refractivity contribution in [2.45, 2.75) is 12.5 Å². The number of rotatable bonds is 4. The molecule has 3 rings (SSSR count). The minimum Gasteiger partial charge on any atom is -0.481 e.